The van der Waals surface area contributed by atoms with Gasteiger partial charge in [-0.2, -0.15) is 13.2 Å². The number of ether oxygens (including phenoxy) is 1. The summed E-state index contributed by atoms with van der Waals surface area (Å²) in [6.07, 6.45) is -0.487. The van der Waals surface area contributed by atoms with Crippen molar-refractivity contribution in [2.24, 2.45) is 11.8 Å². The molecule has 4 heterocycles. The highest BCUT2D eigenvalue weighted by molar-refractivity contribution is 9.10. The molecule has 4 aliphatic heterocycles. The van der Waals surface area contributed by atoms with Gasteiger partial charge in [-0.15, -0.1) is 0 Å². The van der Waals surface area contributed by atoms with Crippen LogP contribution >= 0.6 is 15.9 Å². The molecular weight excluding hydrogens is 691 g/mol. The number of halogens is 4. The normalized spacial score (nSPS) is 20.9. The molecule has 2 aromatic rings. The molecule has 3 fully saturated rings. The van der Waals surface area contributed by atoms with E-state index in [1.165, 1.54) is 12.1 Å². The molecule has 9 nitrogen and oxygen atoms in total. The number of benzene rings is 2. The van der Waals surface area contributed by atoms with Crippen LogP contribution in [0.5, 0.6) is 0 Å². The molecule has 0 saturated carbocycles. The number of carbonyl (C=O) groups is 3. The fourth-order valence-electron chi connectivity index (χ4n) is 7.71. The van der Waals surface area contributed by atoms with Gasteiger partial charge in [0.15, 0.2) is 6.10 Å². The summed E-state index contributed by atoms with van der Waals surface area (Å²) < 4.78 is 46.0. The summed E-state index contributed by atoms with van der Waals surface area (Å²) in [5.41, 5.74) is 1.55. The molecule has 0 aromatic heterocycles. The highest BCUT2D eigenvalue weighted by Gasteiger charge is 2.37. The Hall–Kier alpha value is -3.32. The smallest absolute Gasteiger partial charge is 0.417 e. The van der Waals surface area contributed by atoms with Gasteiger partial charge in [0.1, 0.15) is 0 Å². The second-order valence-electron chi connectivity index (χ2n) is 13.4. The lowest BCUT2D eigenvalue weighted by molar-refractivity contribution is -0.142. The van der Waals surface area contributed by atoms with Crippen molar-refractivity contribution in [1.82, 2.24) is 20.0 Å². The Balaban J connectivity index is 0.00000468. The van der Waals surface area contributed by atoms with Gasteiger partial charge in [-0.3, -0.25) is 4.79 Å². The van der Waals surface area contributed by atoms with E-state index >= 15 is 0 Å². The molecule has 1 atom stereocenters. The summed E-state index contributed by atoms with van der Waals surface area (Å²) in [6, 6.07) is 11.2. The number of carbonyl (C=O) groups excluding carboxylic acids is 3. The van der Waals surface area contributed by atoms with Gasteiger partial charge in [-0.05, 0) is 99.2 Å². The van der Waals surface area contributed by atoms with Gasteiger partial charge in [-0.25, -0.2) is 9.59 Å². The second kappa shape index (κ2) is 15.1. The van der Waals surface area contributed by atoms with Crippen LogP contribution in [0.3, 0.4) is 0 Å². The van der Waals surface area contributed by atoms with Crippen molar-refractivity contribution in [2.75, 3.05) is 51.1 Å². The lowest BCUT2D eigenvalue weighted by atomic mass is 9.79. The summed E-state index contributed by atoms with van der Waals surface area (Å²) in [5.74, 6) is 0.865. The quantitative estimate of drug-likeness (QED) is 0.351. The van der Waals surface area contributed by atoms with Crippen molar-refractivity contribution in [3.63, 3.8) is 0 Å². The van der Waals surface area contributed by atoms with Crippen LogP contribution < -0.4 is 10.6 Å². The molecule has 4 aliphatic rings. The Labute approximate surface area is 289 Å². The number of amides is 4. The van der Waals surface area contributed by atoms with Crippen molar-refractivity contribution in [3.05, 3.63) is 63.6 Å². The van der Waals surface area contributed by atoms with Crippen molar-refractivity contribution in [2.45, 2.75) is 69.7 Å². The maximum Gasteiger partial charge on any atom is 0.417 e. The van der Waals surface area contributed by atoms with Gasteiger partial charge < -0.3 is 30.1 Å². The molecule has 48 heavy (non-hydrogen) atoms. The number of hydrogen-bond acceptors (Lipinski definition) is 5. The minimum Gasteiger partial charge on any atom is -0.436 e. The van der Waals surface area contributed by atoms with Crippen molar-refractivity contribution in [1.29, 1.82) is 0 Å². The minimum atomic E-state index is -4.53. The summed E-state index contributed by atoms with van der Waals surface area (Å²) >= 11 is 3.03. The zero-order chi connectivity index (χ0) is 33.8. The van der Waals surface area contributed by atoms with E-state index in [-0.39, 0.29) is 30.3 Å². The Morgan fingerprint density at radius 3 is 2.27 bits per heavy atom. The van der Waals surface area contributed by atoms with Crippen LogP contribution in [0, 0.1) is 11.8 Å². The topological polar surface area (TPSA) is 94.2 Å². The molecule has 0 aliphatic carbocycles. The predicted molar refractivity (Wildman–Crippen MR) is 181 cm³/mol. The number of nitrogens with zero attached hydrogens (tertiary/aromatic N) is 3. The summed E-state index contributed by atoms with van der Waals surface area (Å²) in [6.45, 7) is 4.44. The third kappa shape index (κ3) is 8.10. The zero-order valence-corrected chi connectivity index (χ0v) is 28.5. The molecule has 6 rings (SSSR count). The van der Waals surface area contributed by atoms with Gasteiger partial charge in [0, 0.05) is 56.8 Å². The monoisotopic (exact) mass is 735 g/mol. The summed E-state index contributed by atoms with van der Waals surface area (Å²) in [7, 11) is 0. The SMILES string of the molecule is O=C(O[C@H](Cc1ccc(C(F)(F)F)c(Br)c1)C(=O)N1CCC(C2CCNCC2)CC1)N1CCC(N2CCc3ccccc3NC2=O)CC1.[HH]. The molecule has 262 valence electrons. The Morgan fingerprint density at radius 1 is 0.917 bits per heavy atom. The lowest BCUT2D eigenvalue weighted by Gasteiger charge is -2.39. The maximum atomic E-state index is 13.9. The van der Waals surface area contributed by atoms with Crippen LogP contribution in [0.4, 0.5) is 28.4 Å². The number of hydrogen-bond donors (Lipinski definition) is 2. The van der Waals surface area contributed by atoms with Crippen LogP contribution in [0.1, 0.15) is 56.6 Å². The molecule has 0 unspecified atom stereocenters. The number of rotatable bonds is 6. The van der Waals surface area contributed by atoms with E-state index in [4.69, 9.17) is 4.74 Å². The number of alkyl halides is 3. The van der Waals surface area contributed by atoms with E-state index in [2.05, 4.69) is 26.6 Å². The maximum absolute atomic E-state index is 13.9. The molecule has 4 amide bonds. The Morgan fingerprint density at radius 2 is 1.58 bits per heavy atom. The predicted octanol–water partition coefficient (Wildman–Crippen LogP) is 6.55. The minimum absolute atomic E-state index is 0. The standard InChI is InChI=1S/C35H43BrF3N5O4.H2/c36-29-21-23(5-6-28(29)35(37,38)39)22-31(32(45)42-16-9-25(10-17-42)24-7-14-40-15-8-24)48-34(47)43-18-12-27(13-19-43)44-20-11-26-3-1-2-4-30(26)41-33(44)46;/h1-6,21,24-25,27,31,40H,7-20,22H2,(H,41,46);1H/t31-;/m1./s1. The van der Waals surface area contributed by atoms with Crippen LogP contribution in [0.15, 0.2) is 46.9 Å². The number of para-hydroxylation sites is 1. The Kier molecular flexibility index (Phi) is 10.8. The van der Waals surface area contributed by atoms with E-state index in [9.17, 15) is 27.6 Å². The third-order valence-electron chi connectivity index (χ3n) is 10.5. The fourth-order valence-corrected chi connectivity index (χ4v) is 8.36. The number of urea groups is 1. The van der Waals surface area contributed by atoms with E-state index in [0.717, 1.165) is 62.5 Å². The highest BCUT2D eigenvalue weighted by atomic mass is 79.9. The first-order valence-electron chi connectivity index (χ1n) is 17.0. The third-order valence-corrected chi connectivity index (χ3v) is 11.1. The van der Waals surface area contributed by atoms with Crippen LogP contribution in [0.25, 0.3) is 0 Å². The number of fused-ring (bicyclic) bond motifs is 1. The van der Waals surface area contributed by atoms with Gasteiger partial charge >= 0.3 is 18.3 Å². The van der Waals surface area contributed by atoms with Crippen LogP contribution in [-0.2, 0) is 28.5 Å². The van der Waals surface area contributed by atoms with Crippen LogP contribution in [0.2, 0.25) is 0 Å². The summed E-state index contributed by atoms with van der Waals surface area (Å²) in [4.78, 5) is 45.6. The van der Waals surface area contributed by atoms with Gasteiger partial charge in [0.05, 0.1) is 5.56 Å². The number of piperidine rings is 3. The van der Waals surface area contributed by atoms with Crippen molar-refractivity contribution in [3.8, 4) is 0 Å². The summed E-state index contributed by atoms with van der Waals surface area (Å²) in [5, 5.41) is 6.41. The van der Waals surface area contributed by atoms with Crippen LogP contribution in [-0.4, -0.2) is 90.7 Å². The second-order valence-corrected chi connectivity index (χ2v) is 14.2. The van der Waals surface area contributed by atoms with Crippen molar-refractivity contribution < 1.29 is 33.7 Å². The average Bonchev–Trinajstić information content (AvgIpc) is 3.25. The van der Waals surface area contributed by atoms with E-state index in [1.54, 1.807) is 9.80 Å². The molecule has 0 radical (unpaired) electrons. The fraction of sp³-hybridized carbons (Fsp3) is 0.571. The average molecular weight is 737 g/mol. The Bertz CT molecular complexity index is 1480. The first kappa shape index (κ1) is 34.5. The van der Waals surface area contributed by atoms with Gasteiger partial charge in [0.2, 0.25) is 0 Å². The zero-order valence-electron chi connectivity index (χ0n) is 26.9. The first-order valence-corrected chi connectivity index (χ1v) is 17.8. The molecule has 0 spiro atoms. The molecular formula is C35H45BrF3N5O4. The van der Waals surface area contributed by atoms with Gasteiger partial charge in [-0.1, -0.05) is 40.2 Å². The number of likely N-dealkylation sites (tertiary alicyclic amines) is 2. The molecule has 2 N–H and O–H groups in total. The number of nitrogens with one attached hydrogen (secondary N) is 2. The largest absolute Gasteiger partial charge is 0.436 e. The van der Waals surface area contributed by atoms with E-state index in [1.807, 2.05) is 29.2 Å². The molecule has 13 heteroatoms. The number of anilines is 1. The molecule has 2 aromatic carbocycles. The van der Waals surface area contributed by atoms with Gasteiger partial charge in [0.25, 0.3) is 5.91 Å². The molecule has 0 bridgehead atoms. The van der Waals surface area contributed by atoms with Crippen molar-refractivity contribution >= 4 is 39.6 Å². The molecule has 3 saturated heterocycles. The van der Waals surface area contributed by atoms with E-state index < -0.39 is 23.9 Å². The highest BCUT2D eigenvalue weighted by Crippen LogP contribution is 2.36. The van der Waals surface area contributed by atoms with E-state index in [0.29, 0.717) is 63.0 Å². The lowest BCUT2D eigenvalue weighted by Crippen LogP contribution is -2.52. The first-order chi connectivity index (χ1) is 23.1.